The Kier molecular flexibility index (Phi) is 2.53. The van der Waals surface area contributed by atoms with Crippen molar-refractivity contribution in [1.29, 1.82) is 0 Å². The number of benzene rings is 1. The Balaban J connectivity index is 3.45. The maximum Gasteiger partial charge on any atom is 0.194 e. The molecule has 2 nitrogen and oxygen atoms in total. The van der Waals surface area contributed by atoms with Crippen molar-refractivity contribution in [3.63, 3.8) is 0 Å². The van der Waals surface area contributed by atoms with Gasteiger partial charge in [0.2, 0.25) is 0 Å². The largest absolute Gasteiger partial charge is 0.509 e. The molecule has 1 rings (SSSR count). The van der Waals surface area contributed by atoms with Crippen molar-refractivity contribution in [2.45, 2.75) is 33.1 Å². The molecule has 0 spiro atoms. The van der Waals surface area contributed by atoms with E-state index >= 15 is 0 Å². The van der Waals surface area contributed by atoms with Crippen molar-refractivity contribution in [3.8, 4) is 5.75 Å². The predicted molar refractivity (Wildman–Crippen MR) is 57.8 cm³/mol. The first-order valence-corrected chi connectivity index (χ1v) is 4.58. The van der Waals surface area contributed by atoms with Crippen LogP contribution < -0.4 is 0 Å². The summed E-state index contributed by atoms with van der Waals surface area (Å²) in [6.07, 6.45) is 0. The lowest BCUT2D eigenvalue weighted by Gasteiger charge is -2.21. The fourth-order valence-corrected chi connectivity index (χ4v) is 1.38. The minimum absolute atomic E-state index is 0.0572. The Morgan fingerprint density at radius 3 is 2.29 bits per heavy atom. The summed E-state index contributed by atoms with van der Waals surface area (Å²) >= 11 is 0. The lowest BCUT2D eigenvalue weighted by Crippen LogP contribution is -2.11. The monoisotopic (exact) mass is 189 g/mol. The van der Waals surface area contributed by atoms with Crippen molar-refractivity contribution < 1.29 is 5.11 Å². The smallest absolute Gasteiger partial charge is 0.194 e. The summed E-state index contributed by atoms with van der Waals surface area (Å²) in [5.41, 5.74) is 2.30. The molecule has 14 heavy (non-hydrogen) atoms. The van der Waals surface area contributed by atoms with Gasteiger partial charge in [-0.05, 0) is 29.5 Å². The number of nitrogens with zero attached hydrogens (tertiary/aromatic N) is 1. The third-order valence-electron chi connectivity index (χ3n) is 2.24. The number of aryl methyl sites for hydroxylation is 1. The summed E-state index contributed by atoms with van der Waals surface area (Å²) in [7, 11) is 0. The van der Waals surface area contributed by atoms with E-state index in [1.807, 2.05) is 13.0 Å². The maximum absolute atomic E-state index is 9.48. The van der Waals surface area contributed by atoms with Crippen LogP contribution in [0.25, 0.3) is 4.85 Å². The first kappa shape index (κ1) is 10.6. The van der Waals surface area contributed by atoms with Gasteiger partial charge in [0.25, 0.3) is 0 Å². The highest BCUT2D eigenvalue weighted by atomic mass is 16.3. The molecule has 0 saturated carbocycles. The number of hydrogen-bond donors (Lipinski definition) is 1. The minimum atomic E-state index is -0.0572. The molecule has 0 aromatic heterocycles. The van der Waals surface area contributed by atoms with Crippen LogP contribution in [-0.2, 0) is 5.41 Å². The molecule has 1 aromatic carbocycles. The third-order valence-corrected chi connectivity index (χ3v) is 2.24. The van der Waals surface area contributed by atoms with Gasteiger partial charge in [-0.25, -0.2) is 4.85 Å². The summed E-state index contributed by atoms with van der Waals surface area (Å²) in [6.45, 7) is 15.1. The fourth-order valence-electron chi connectivity index (χ4n) is 1.38. The Hall–Kier alpha value is -1.49. The van der Waals surface area contributed by atoms with Gasteiger partial charge in [-0.2, -0.15) is 0 Å². The molecular weight excluding hydrogens is 174 g/mol. The van der Waals surface area contributed by atoms with Crippen LogP contribution in [0.3, 0.4) is 0 Å². The number of aromatic hydroxyl groups is 1. The summed E-state index contributed by atoms with van der Waals surface area (Å²) < 4.78 is 0. The predicted octanol–water partition coefficient (Wildman–Crippen LogP) is 3.55. The van der Waals surface area contributed by atoms with Gasteiger partial charge in [0, 0.05) is 0 Å². The Morgan fingerprint density at radius 2 is 1.86 bits per heavy atom. The molecule has 0 aliphatic carbocycles. The first-order valence-electron chi connectivity index (χ1n) is 4.58. The quantitative estimate of drug-likeness (QED) is 0.620. The molecule has 0 amide bonds. The number of phenols is 1. The van der Waals surface area contributed by atoms with Gasteiger partial charge < -0.3 is 5.11 Å². The second kappa shape index (κ2) is 3.34. The number of phenolic OH excluding ortho intramolecular Hbond substituents is 1. The zero-order valence-electron chi connectivity index (χ0n) is 9.05. The topological polar surface area (TPSA) is 24.6 Å². The van der Waals surface area contributed by atoms with Crippen LogP contribution >= 0.6 is 0 Å². The molecule has 74 valence electrons. The van der Waals surface area contributed by atoms with Crippen LogP contribution in [0.4, 0.5) is 5.69 Å². The average Bonchev–Trinajstić information content (AvgIpc) is 2.07. The normalized spacial score (nSPS) is 11.1. The SMILES string of the molecule is [C-]#[N+]c1cc(O)c(C)cc1C(C)(C)C. The van der Waals surface area contributed by atoms with Gasteiger partial charge in [-0.3, -0.25) is 0 Å². The Morgan fingerprint density at radius 1 is 1.29 bits per heavy atom. The van der Waals surface area contributed by atoms with Crippen molar-refractivity contribution >= 4 is 5.69 Å². The van der Waals surface area contributed by atoms with E-state index in [0.717, 1.165) is 11.1 Å². The van der Waals surface area contributed by atoms with Crippen molar-refractivity contribution in [1.82, 2.24) is 0 Å². The van der Waals surface area contributed by atoms with E-state index in [1.54, 1.807) is 6.07 Å². The van der Waals surface area contributed by atoms with Crippen molar-refractivity contribution in [3.05, 3.63) is 34.7 Å². The van der Waals surface area contributed by atoms with Crippen LogP contribution in [0.5, 0.6) is 5.75 Å². The van der Waals surface area contributed by atoms with Crippen LogP contribution in [-0.4, -0.2) is 5.11 Å². The van der Waals surface area contributed by atoms with Crippen LogP contribution in [0.1, 0.15) is 31.9 Å². The Bertz CT molecular complexity index is 394. The molecule has 0 aliphatic rings. The highest BCUT2D eigenvalue weighted by molar-refractivity contribution is 5.60. The summed E-state index contributed by atoms with van der Waals surface area (Å²) in [6, 6.07) is 3.44. The molecule has 0 saturated heterocycles. The summed E-state index contributed by atoms with van der Waals surface area (Å²) in [4.78, 5) is 3.43. The molecule has 1 aromatic rings. The lowest BCUT2D eigenvalue weighted by molar-refractivity contribution is 0.470. The van der Waals surface area contributed by atoms with Crippen LogP contribution in [0.15, 0.2) is 12.1 Å². The highest BCUT2D eigenvalue weighted by Gasteiger charge is 2.19. The summed E-state index contributed by atoms with van der Waals surface area (Å²) in [5, 5.41) is 9.48. The molecule has 1 N–H and O–H groups in total. The molecule has 2 heteroatoms. The molecular formula is C12H15NO. The maximum atomic E-state index is 9.48. The van der Waals surface area contributed by atoms with E-state index in [4.69, 9.17) is 6.57 Å². The summed E-state index contributed by atoms with van der Waals surface area (Å²) in [5.74, 6) is 0.198. The highest BCUT2D eigenvalue weighted by Crippen LogP contribution is 2.35. The average molecular weight is 189 g/mol. The molecule has 0 fully saturated rings. The molecule has 0 heterocycles. The lowest BCUT2D eigenvalue weighted by atomic mass is 9.85. The third kappa shape index (κ3) is 1.88. The zero-order valence-corrected chi connectivity index (χ0v) is 9.05. The van der Waals surface area contributed by atoms with E-state index in [-0.39, 0.29) is 11.2 Å². The first-order chi connectivity index (χ1) is 6.36. The molecule has 0 bridgehead atoms. The standard InChI is InChI=1S/C12H15NO/c1-8-6-9(12(2,3)4)10(13-5)7-11(8)14/h6-7,14H,1-4H3. The molecule has 0 aliphatic heterocycles. The van der Waals surface area contributed by atoms with Gasteiger partial charge in [0.15, 0.2) is 5.69 Å². The van der Waals surface area contributed by atoms with Crippen LogP contribution in [0.2, 0.25) is 0 Å². The van der Waals surface area contributed by atoms with E-state index in [0.29, 0.717) is 5.69 Å². The van der Waals surface area contributed by atoms with E-state index in [1.165, 1.54) is 0 Å². The number of hydrogen-bond acceptors (Lipinski definition) is 1. The van der Waals surface area contributed by atoms with Crippen LogP contribution in [0, 0.1) is 13.5 Å². The van der Waals surface area contributed by atoms with Gasteiger partial charge in [-0.15, -0.1) is 0 Å². The van der Waals surface area contributed by atoms with Gasteiger partial charge in [0.05, 0.1) is 6.57 Å². The second-order valence-corrected chi connectivity index (χ2v) is 4.52. The van der Waals surface area contributed by atoms with Gasteiger partial charge in [-0.1, -0.05) is 26.8 Å². The van der Waals surface area contributed by atoms with E-state index in [2.05, 4.69) is 25.6 Å². The van der Waals surface area contributed by atoms with E-state index < -0.39 is 0 Å². The van der Waals surface area contributed by atoms with Gasteiger partial charge in [0.1, 0.15) is 5.75 Å². The Labute approximate surface area is 85.0 Å². The second-order valence-electron chi connectivity index (χ2n) is 4.52. The zero-order chi connectivity index (χ0) is 10.9. The van der Waals surface area contributed by atoms with E-state index in [9.17, 15) is 5.11 Å². The van der Waals surface area contributed by atoms with Gasteiger partial charge >= 0.3 is 0 Å². The van der Waals surface area contributed by atoms with Crippen molar-refractivity contribution in [2.75, 3.05) is 0 Å². The van der Waals surface area contributed by atoms with Crippen molar-refractivity contribution in [2.24, 2.45) is 0 Å². The molecule has 0 radical (unpaired) electrons. The molecule has 0 atom stereocenters. The molecule has 0 unspecified atom stereocenters. The fraction of sp³-hybridized carbons (Fsp3) is 0.417. The number of rotatable bonds is 0. The minimum Gasteiger partial charge on any atom is -0.509 e.